The third kappa shape index (κ3) is 1.57. The van der Waals surface area contributed by atoms with E-state index in [1.54, 1.807) is 6.92 Å². The Morgan fingerprint density at radius 2 is 2.11 bits per heavy atom. The largest absolute Gasteiger partial charge is 0.274 e. The van der Waals surface area contributed by atoms with E-state index in [1.165, 1.54) is 4.31 Å². The van der Waals surface area contributed by atoms with Crippen LogP contribution in [-0.4, -0.2) is 30.4 Å². The molecule has 3 rings (SSSR count). The fourth-order valence-electron chi connectivity index (χ4n) is 5.33. The van der Waals surface area contributed by atoms with Crippen molar-refractivity contribution >= 4 is 15.9 Å². The summed E-state index contributed by atoms with van der Waals surface area (Å²) >= 11 is 0. The molecule has 1 aliphatic heterocycles. The third-order valence-corrected chi connectivity index (χ3v) is 7.60. The van der Waals surface area contributed by atoms with E-state index in [2.05, 4.69) is 13.8 Å². The van der Waals surface area contributed by atoms with Crippen LogP contribution >= 0.6 is 0 Å². The molecule has 1 spiro atoms. The number of nitrogens with zero attached hydrogens (tertiary/aromatic N) is 1. The first-order valence-corrected chi connectivity index (χ1v) is 8.99. The molecule has 0 aromatic heterocycles. The average molecular weight is 285 g/mol. The standard InChI is InChI=1S/C14H23NO3S/c1-4-12(16)15-11-7-10-5-6-14(11,8-19(15,17)18)13(10)9(2)3/h9-11,13H,4-8H2,1-3H3. The van der Waals surface area contributed by atoms with Crippen LogP contribution in [0.2, 0.25) is 0 Å². The Hall–Kier alpha value is -0.580. The summed E-state index contributed by atoms with van der Waals surface area (Å²) in [6.07, 6.45) is 3.30. The molecule has 5 heteroatoms. The van der Waals surface area contributed by atoms with Crippen LogP contribution in [0.15, 0.2) is 0 Å². The van der Waals surface area contributed by atoms with Gasteiger partial charge in [0.15, 0.2) is 0 Å². The van der Waals surface area contributed by atoms with Crippen molar-refractivity contribution in [3.05, 3.63) is 0 Å². The predicted octanol–water partition coefficient (Wildman–Crippen LogP) is 2.01. The van der Waals surface area contributed by atoms with Gasteiger partial charge in [0, 0.05) is 11.8 Å². The van der Waals surface area contributed by atoms with Crippen LogP contribution in [0.4, 0.5) is 0 Å². The third-order valence-electron chi connectivity index (χ3n) is 5.64. The van der Waals surface area contributed by atoms with E-state index < -0.39 is 10.0 Å². The van der Waals surface area contributed by atoms with E-state index in [1.807, 2.05) is 0 Å². The minimum Gasteiger partial charge on any atom is -0.274 e. The lowest BCUT2D eigenvalue weighted by Crippen LogP contribution is -2.43. The van der Waals surface area contributed by atoms with Gasteiger partial charge in [0.1, 0.15) is 0 Å². The van der Waals surface area contributed by atoms with Crippen molar-refractivity contribution in [2.45, 2.75) is 52.5 Å². The molecule has 0 N–H and O–H groups in total. The molecule has 1 saturated heterocycles. The van der Waals surface area contributed by atoms with Gasteiger partial charge < -0.3 is 0 Å². The van der Waals surface area contributed by atoms with Gasteiger partial charge in [0.05, 0.1) is 11.8 Å². The molecule has 0 aromatic rings. The minimum atomic E-state index is -3.38. The van der Waals surface area contributed by atoms with Crippen molar-refractivity contribution in [3.63, 3.8) is 0 Å². The molecular formula is C14H23NO3S. The van der Waals surface area contributed by atoms with Crippen LogP contribution < -0.4 is 0 Å². The predicted molar refractivity (Wildman–Crippen MR) is 72.8 cm³/mol. The minimum absolute atomic E-state index is 0.0453. The van der Waals surface area contributed by atoms with Gasteiger partial charge in [-0.2, -0.15) is 0 Å². The molecular weight excluding hydrogens is 262 g/mol. The Kier molecular flexibility index (Phi) is 2.80. The molecule has 4 atom stereocenters. The highest BCUT2D eigenvalue weighted by Crippen LogP contribution is 2.65. The second-order valence-electron chi connectivity index (χ2n) is 6.85. The average Bonchev–Trinajstić information content (AvgIpc) is 2.86. The van der Waals surface area contributed by atoms with Crippen LogP contribution in [0.25, 0.3) is 0 Å². The van der Waals surface area contributed by atoms with E-state index in [9.17, 15) is 13.2 Å². The number of hydrogen-bond donors (Lipinski definition) is 0. The molecule has 4 nitrogen and oxygen atoms in total. The lowest BCUT2D eigenvalue weighted by molar-refractivity contribution is -0.128. The van der Waals surface area contributed by atoms with Gasteiger partial charge >= 0.3 is 0 Å². The quantitative estimate of drug-likeness (QED) is 0.780. The van der Waals surface area contributed by atoms with Crippen molar-refractivity contribution < 1.29 is 13.2 Å². The number of amides is 1. The molecule has 2 bridgehead atoms. The number of sulfonamides is 1. The molecule has 108 valence electrons. The monoisotopic (exact) mass is 285 g/mol. The summed E-state index contributed by atoms with van der Waals surface area (Å²) in [6.45, 7) is 6.14. The number of carbonyl (C=O) groups is 1. The molecule has 3 fully saturated rings. The summed E-state index contributed by atoms with van der Waals surface area (Å²) in [5.74, 6) is 1.59. The lowest BCUT2D eigenvalue weighted by atomic mass is 9.73. The summed E-state index contributed by atoms with van der Waals surface area (Å²) < 4.78 is 26.1. The fourth-order valence-corrected chi connectivity index (χ4v) is 7.80. The second-order valence-corrected chi connectivity index (χ2v) is 8.70. The normalized spacial score (nSPS) is 42.9. The first kappa shape index (κ1) is 13.4. The van der Waals surface area contributed by atoms with Crippen molar-refractivity contribution in [3.8, 4) is 0 Å². The first-order chi connectivity index (χ1) is 8.83. The maximum atomic E-state index is 12.4. The number of fused-ring (bicyclic) bond motifs is 1. The first-order valence-electron chi connectivity index (χ1n) is 7.38. The zero-order chi connectivity index (χ0) is 14.0. The number of rotatable bonds is 2. The Morgan fingerprint density at radius 1 is 1.42 bits per heavy atom. The number of hydrogen-bond acceptors (Lipinski definition) is 3. The fraction of sp³-hybridized carbons (Fsp3) is 0.929. The molecule has 0 radical (unpaired) electrons. The molecule has 1 amide bonds. The topological polar surface area (TPSA) is 54.5 Å². The Bertz CT molecular complexity index is 513. The molecule has 19 heavy (non-hydrogen) atoms. The Balaban J connectivity index is 2.05. The van der Waals surface area contributed by atoms with Gasteiger partial charge in [-0.05, 0) is 37.0 Å². The Labute approximate surface area is 115 Å². The van der Waals surface area contributed by atoms with Crippen molar-refractivity contribution in [2.75, 3.05) is 5.75 Å². The maximum absolute atomic E-state index is 12.4. The van der Waals surface area contributed by atoms with Crippen molar-refractivity contribution in [1.29, 1.82) is 0 Å². The van der Waals surface area contributed by atoms with E-state index in [4.69, 9.17) is 0 Å². The van der Waals surface area contributed by atoms with Gasteiger partial charge in [-0.1, -0.05) is 20.8 Å². The van der Waals surface area contributed by atoms with Gasteiger partial charge in [0.25, 0.3) is 0 Å². The molecule has 2 saturated carbocycles. The van der Waals surface area contributed by atoms with Crippen molar-refractivity contribution in [2.24, 2.45) is 23.2 Å². The molecule has 4 unspecified atom stereocenters. The molecule has 1 heterocycles. The van der Waals surface area contributed by atoms with Crippen molar-refractivity contribution in [1.82, 2.24) is 4.31 Å². The summed E-state index contributed by atoms with van der Waals surface area (Å²) in [6, 6.07) is -0.0453. The highest BCUT2D eigenvalue weighted by atomic mass is 32.2. The molecule has 0 aromatic carbocycles. The summed E-state index contributed by atoms with van der Waals surface area (Å²) in [5.41, 5.74) is -0.136. The van der Waals surface area contributed by atoms with Gasteiger partial charge in [-0.25, -0.2) is 12.7 Å². The smallest absolute Gasteiger partial charge is 0.238 e. The van der Waals surface area contributed by atoms with E-state index >= 15 is 0 Å². The summed E-state index contributed by atoms with van der Waals surface area (Å²) in [7, 11) is -3.38. The zero-order valence-electron chi connectivity index (χ0n) is 11.9. The second kappa shape index (κ2) is 3.96. The highest BCUT2D eigenvalue weighted by molar-refractivity contribution is 7.90. The van der Waals surface area contributed by atoms with E-state index in [0.717, 1.165) is 19.3 Å². The van der Waals surface area contributed by atoms with Crippen LogP contribution in [0.5, 0.6) is 0 Å². The Morgan fingerprint density at radius 3 is 2.68 bits per heavy atom. The number of carbonyl (C=O) groups excluding carboxylic acids is 1. The zero-order valence-corrected chi connectivity index (χ0v) is 12.7. The van der Waals surface area contributed by atoms with Gasteiger partial charge in [-0.15, -0.1) is 0 Å². The molecule has 2 aliphatic carbocycles. The van der Waals surface area contributed by atoms with E-state index in [0.29, 0.717) is 17.8 Å². The summed E-state index contributed by atoms with van der Waals surface area (Å²) in [5, 5.41) is 0. The van der Waals surface area contributed by atoms with E-state index in [-0.39, 0.29) is 29.5 Å². The molecule has 3 aliphatic rings. The van der Waals surface area contributed by atoms with Crippen LogP contribution in [0, 0.1) is 23.2 Å². The highest BCUT2D eigenvalue weighted by Gasteiger charge is 2.69. The SMILES string of the molecule is CCC(=O)N1C2CC3CCC2(CS1(=O)=O)C3C(C)C. The van der Waals surface area contributed by atoms with Crippen LogP contribution in [0.1, 0.15) is 46.5 Å². The lowest BCUT2D eigenvalue weighted by Gasteiger charge is -2.34. The summed E-state index contributed by atoms with van der Waals surface area (Å²) in [4.78, 5) is 12.1. The van der Waals surface area contributed by atoms with Gasteiger partial charge in [0.2, 0.25) is 15.9 Å². The maximum Gasteiger partial charge on any atom is 0.238 e. The van der Waals surface area contributed by atoms with Crippen LogP contribution in [0.3, 0.4) is 0 Å². The van der Waals surface area contributed by atoms with Crippen LogP contribution in [-0.2, 0) is 14.8 Å². The van der Waals surface area contributed by atoms with Gasteiger partial charge in [-0.3, -0.25) is 4.79 Å².